The van der Waals surface area contributed by atoms with E-state index in [4.69, 9.17) is 5.11 Å². The first kappa shape index (κ1) is 11.1. The monoisotopic (exact) mass is 223 g/mol. The van der Waals surface area contributed by atoms with E-state index >= 15 is 0 Å². The number of hydrogen-bond donors (Lipinski definition) is 3. The van der Waals surface area contributed by atoms with Gasteiger partial charge in [0.1, 0.15) is 0 Å². The summed E-state index contributed by atoms with van der Waals surface area (Å²) in [5.41, 5.74) is 1.98. The van der Waals surface area contributed by atoms with Gasteiger partial charge in [-0.05, 0) is 33.1 Å². The SMILES string of the molecule is CC(C)(CO)NC(=O)c1n[nH]c2c1CCC2. The summed E-state index contributed by atoms with van der Waals surface area (Å²) in [7, 11) is 0. The van der Waals surface area contributed by atoms with E-state index in [9.17, 15) is 4.79 Å². The van der Waals surface area contributed by atoms with Crippen LogP contribution in [0.5, 0.6) is 0 Å². The van der Waals surface area contributed by atoms with Gasteiger partial charge in [0, 0.05) is 11.3 Å². The highest BCUT2D eigenvalue weighted by Crippen LogP contribution is 2.22. The fourth-order valence-corrected chi connectivity index (χ4v) is 1.91. The number of amides is 1. The lowest BCUT2D eigenvalue weighted by Gasteiger charge is -2.22. The molecule has 5 nitrogen and oxygen atoms in total. The van der Waals surface area contributed by atoms with Gasteiger partial charge in [-0.15, -0.1) is 0 Å². The first-order valence-electron chi connectivity index (χ1n) is 5.53. The zero-order valence-electron chi connectivity index (χ0n) is 9.63. The molecule has 0 unspecified atom stereocenters. The quantitative estimate of drug-likeness (QED) is 0.694. The molecule has 16 heavy (non-hydrogen) atoms. The molecular formula is C11H17N3O2. The Labute approximate surface area is 94.2 Å². The number of aliphatic hydroxyl groups excluding tert-OH is 1. The maximum Gasteiger partial charge on any atom is 0.272 e. The van der Waals surface area contributed by atoms with Gasteiger partial charge in [-0.3, -0.25) is 9.89 Å². The van der Waals surface area contributed by atoms with Crippen molar-refractivity contribution in [1.29, 1.82) is 0 Å². The molecule has 0 saturated heterocycles. The van der Waals surface area contributed by atoms with Crippen molar-refractivity contribution in [1.82, 2.24) is 15.5 Å². The Balaban J connectivity index is 2.16. The van der Waals surface area contributed by atoms with E-state index in [1.165, 1.54) is 0 Å². The van der Waals surface area contributed by atoms with Crippen molar-refractivity contribution in [2.45, 2.75) is 38.6 Å². The van der Waals surface area contributed by atoms with Crippen LogP contribution in [-0.2, 0) is 12.8 Å². The normalized spacial score (nSPS) is 14.9. The van der Waals surface area contributed by atoms with Crippen LogP contribution in [0.25, 0.3) is 0 Å². The second kappa shape index (κ2) is 3.90. The smallest absolute Gasteiger partial charge is 0.272 e. The molecule has 0 aromatic carbocycles. The van der Waals surface area contributed by atoms with Crippen LogP contribution in [0.2, 0.25) is 0 Å². The van der Waals surface area contributed by atoms with Crippen molar-refractivity contribution in [2.75, 3.05) is 6.61 Å². The van der Waals surface area contributed by atoms with E-state index < -0.39 is 5.54 Å². The van der Waals surface area contributed by atoms with Crippen LogP contribution < -0.4 is 5.32 Å². The van der Waals surface area contributed by atoms with Gasteiger partial charge >= 0.3 is 0 Å². The Morgan fingerprint density at radius 1 is 1.56 bits per heavy atom. The number of aromatic amines is 1. The molecule has 0 spiro atoms. The standard InChI is InChI=1S/C11H17N3O2/c1-11(2,6-15)12-10(16)9-7-4-3-5-8(7)13-14-9/h15H,3-6H2,1-2H3,(H,12,16)(H,13,14). The van der Waals surface area contributed by atoms with Crippen LogP contribution in [-0.4, -0.2) is 33.4 Å². The van der Waals surface area contributed by atoms with Crippen LogP contribution in [0.15, 0.2) is 0 Å². The van der Waals surface area contributed by atoms with Crippen molar-refractivity contribution in [3.8, 4) is 0 Å². The molecule has 2 rings (SSSR count). The summed E-state index contributed by atoms with van der Waals surface area (Å²) in [5, 5.41) is 18.8. The Bertz CT molecular complexity index is 409. The summed E-state index contributed by atoms with van der Waals surface area (Å²) in [6.45, 7) is 3.46. The minimum Gasteiger partial charge on any atom is -0.394 e. The van der Waals surface area contributed by atoms with Gasteiger partial charge in [-0.2, -0.15) is 5.10 Å². The van der Waals surface area contributed by atoms with E-state index in [0.29, 0.717) is 5.69 Å². The molecule has 0 aliphatic heterocycles. The van der Waals surface area contributed by atoms with Gasteiger partial charge in [0.25, 0.3) is 5.91 Å². The van der Waals surface area contributed by atoms with E-state index in [1.807, 2.05) is 0 Å². The molecular weight excluding hydrogens is 206 g/mol. The van der Waals surface area contributed by atoms with Crippen LogP contribution in [0.1, 0.15) is 42.0 Å². The van der Waals surface area contributed by atoms with Crippen molar-refractivity contribution in [2.24, 2.45) is 0 Å². The summed E-state index contributed by atoms with van der Waals surface area (Å²) < 4.78 is 0. The number of carbonyl (C=O) groups excluding carboxylic acids is 1. The van der Waals surface area contributed by atoms with E-state index in [2.05, 4.69) is 15.5 Å². The van der Waals surface area contributed by atoms with E-state index in [-0.39, 0.29) is 12.5 Å². The summed E-state index contributed by atoms with van der Waals surface area (Å²) in [6.07, 6.45) is 2.96. The number of carbonyl (C=O) groups is 1. The van der Waals surface area contributed by atoms with Gasteiger partial charge in [0.05, 0.1) is 12.1 Å². The van der Waals surface area contributed by atoms with Gasteiger partial charge in [0.15, 0.2) is 5.69 Å². The van der Waals surface area contributed by atoms with Gasteiger partial charge in [0.2, 0.25) is 0 Å². The molecule has 88 valence electrons. The molecule has 0 bridgehead atoms. The number of nitrogens with one attached hydrogen (secondary N) is 2. The molecule has 1 aliphatic carbocycles. The number of aryl methyl sites for hydroxylation is 1. The molecule has 1 aliphatic rings. The average Bonchev–Trinajstić information content (AvgIpc) is 2.77. The highest BCUT2D eigenvalue weighted by Gasteiger charge is 2.26. The summed E-state index contributed by atoms with van der Waals surface area (Å²) in [6, 6.07) is 0. The molecule has 3 N–H and O–H groups in total. The minimum absolute atomic E-state index is 0.0919. The maximum absolute atomic E-state index is 11.9. The average molecular weight is 223 g/mol. The first-order valence-corrected chi connectivity index (χ1v) is 5.53. The van der Waals surface area contributed by atoms with E-state index in [0.717, 1.165) is 30.5 Å². The Morgan fingerprint density at radius 3 is 3.00 bits per heavy atom. The summed E-state index contributed by atoms with van der Waals surface area (Å²) >= 11 is 0. The zero-order chi connectivity index (χ0) is 11.8. The third-order valence-corrected chi connectivity index (χ3v) is 2.87. The molecule has 5 heteroatoms. The van der Waals surface area contributed by atoms with Crippen LogP contribution in [0, 0.1) is 0 Å². The van der Waals surface area contributed by atoms with Crippen LogP contribution in [0.3, 0.4) is 0 Å². The first-order chi connectivity index (χ1) is 7.53. The number of H-pyrrole nitrogens is 1. The summed E-state index contributed by atoms with van der Waals surface area (Å²) in [5.74, 6) is -0.210. The molecule has 1 amide bonds. The number of nitrogens with zero attached hydrogens (tertiary/aromatic N) is 1. The lowest BCUT2D eigenvalue weighted by atomic mass is 10.1. The second-order valence-electron chi connectivity index (χ2n) is 4.88. The largest absolute Gasteiger partial charge is 0.394 e. The van der Waals surface area contributed by atoms with Gasteiger partial charge in [-0.25, -0.2) is 0 Å². The zero-order valence-corrected chi connectivity index (χ0v) is 9.63. The third kappa shape index (κ3) is 1.95. The number of aliphatic hydroxyl groups is 1. The predicted octanol–water partition coefficient (Wildman–Crippen LogP) is 0.399. The molecule has 0 atom stereocenters. The highest BCUT2D eigenvalue weighted by atomic mass is 16.3. The fraction of sp³-hybridized carbons (Fsp3) is 0.636. The molecule has 0 fully saturated rings. The van der Waals surface area contributed by atoms with Crippen molar-refractivity contribution >= 4 is 5.91 Å². The highest BCUT2D eigenvalue weighted by molar-refractivity contribution is 5.94. The Morgan fingerprint density at radius 2 is 2.31 bits per heavy atom. The number of hydrogen-bond acceptors (Lipinski definition) is 3. The lowest BCUT2D eigenvalue weighted by molar-refractivity contribution is 0.0863. The molecule has 0 saturated carbocycles. The number of fused-ring (bicyclic) bond motifs is 1. The van der Waals surface area contributed by atoms with Gasteiger partial charge in [-0.1, -0.05) is 0 Å². The number of rotatable bonds is 3. The summed E-state index contributed by atoms with van der Waals surface area (Å²) in [4.78, 5) is 11.9. The second-order valence-corrected chi connectivity index (χ2v) is 4.88. The molecule has 1 aromatic rings. The molecule has 1 heterocycles. The fourth-order valence-electron chi connectivity index (χ4n) is 1.91. The third-order valence-electron chi connectivity index (χ3n) is 2.87. The lowest BCUT2D eigenvalue weighted by Crippen LogP contribution is -2.46. The van der Waals surface area contributed by atoms with E-state index in [1.54, 1.807) is 13.8 Å². The Hall–Kier alpha value is -1.36. The minimum atomic E-state index is -0.610. The number of aromatic nitrogens is 2. The van der Waals surface area contributed by atoms with Crippen molar-refractivity contribution in [3.63, 3.8) is 0 Å². The van der Waals surface area contributed by atoms with Crippen molar-refractivity contribution < 1.29 is 9.90 Å². The van der Waals surface area contributed by atoms with Crippen LogP contribution in [0.4, 0.5) is 0 Å². The van der Waals surface area contributed by atoms with Crippen molar-refractivity contribution in [3.05, 3.63) is 17.0 Å². The molecule has 1 aromatic heterocycles. The topological polar surface area (TPSA) is 78.0 Å². The maximum atomic E-state index is 11.9. The predicted molar refractivity (Wildman–Crippen MR) is 59.2 cm³/mol. The molecule has 0 radical (unpaired) electrons. The Kier molecular flexibility index (Phi) is 2.71. The van der Waals surface area contributed by atoms with Gasteiger partial charge < -0.3 is 10.4 Å². The van der Waals surface area contributed by atoms with Crippen LogP contribution >= 0.6 is 0 Å².